The highest BCUT2D eigenvalue weighted by Crippen LogP contribution is 2.24. The van der Waals surface area contributed by atoms with Crippen molar-refractivity contribution in [2.24, 2.45) is 0 Å². The minimum Gasteiger partial charge on any atom is -0.491 e. The van der Waals surface area contributed by atoms with Crippen molar-refractivity contribution < 1.29 is 4.74 Å². The van der Waals surface area contributed by atoms with Gasteiger partial charge in [-0.1, -0.05) is 18.2 Å². The predicted octanol–water partition coefficient (Wildman–Crippen LogP) is 1.46. The van der Waals surface area contributed by atoms with Crippen molar-refractivity contribution >= 4 is 11.8 Å². The van der Waals surface area contributed by atoms with Gasteiger partial charge in [0.1, 0.15) is 18.2 Å². The monoisotopic (exact) mass is 242 g/mol. The lowest BCUT2D eigenvalue weighted by atomic mass is 10.2. The molecule has 5 heteroatoms. The van der Waals surface area contributed by atoms with Crippen molar-refractivity contribution in [3.05, 3.63) is 42.1 Å². The Balaban J connectivity index is 1.91. The highest BCUT2D eigenvalue weighted by molar-refractivity contribution is 5.42. The second kappa shape index (κ2) is 4.52. The van der Waals surface area contributed by atoms with Crippen LogP contribution in [-0.2, 0) is 6.54 Å². The molecule has 5 nitrogen and oxygen atoms in total. The summed E-state index contributed by atoms with van der Waals surface area (Å²) in [5.41, 5.74) is 6.83. The number of rotatable bonds is 1. The van der Waals surface area contributed by atoms with Crippen LogP contribution in [0.25, 0.3) is 0 Å². The zero-order valence-electron chi connectivity index (χ0n) is 9.91. The fraction of sp³-hybridized carbons (Fsp3) is 0.231. The molecule has 0 radical (unpaired) electrons. The molecule has 0 atom stereocenters. The molecule has 3 rings (SSSR count). The summed E-state index contributed by atoms with van der Waals surface area (Å²) in [5, 5.41) is 0. The van der Waals surface area contributed by atoms with Crippen molar-refractivity contribution in [2.75, 3.05) is 23.8 Å². The van der Waals surface area contributed by atoms with E-state index in [-0.39, 0.29) is 0 Å². The summed E-state index contributed by atoms with van der Waals surface area (Å²) in [7, 11) is 0. The number of nitrogen functional groups attached to an aromatic ring is 1. The van der Waals surface area contributed by atoms with Gasteiger partial charge in [-0.15, -0.1) is 0 Å². The number of hydrogen-bond acceptors (Lipinski definition) is 5. The Kier molecular flexibility index (Phi) is 2.72. The highest BCUT2D eigenvalue weighted by Gasteiger charge is 2.17. The van der Waals surface area contributed by atoms with Gasteiger partial charge < -0.3 is 15.4 Å². The van der Waals surface area contributed by atoms with Crippen LogP contribution in [0.15, 0.2) is 36.5 Å². The maximum Gasteiger partial charge on any atom is 0.227 e. The normalized spacial score (nSPS) is 14.6. The maximum atomic E-state index is 5.70. The first-order chi connectivity index (χ1) is 8.83. The third-order valence-electron chi connectivity index (χ3n) is 2.90. The van der Waals surface area contributed by atoms with E-state index >= 15 is 0 Å². The van der Waals surface area contributed by atoms with E-state index in [1.54, 1.807) is 12.3 Å². The van der Waals surface area contributed by atoms with Crippen LogP contribution < -0.4 is 15.4 Å². The fourth-order valence-corrected chi connectivity index (χ4v) is 2.01. The molecule has 1 aliphatic heterocycles. The van der Waals surface area contributed by atoms with Gasteiger partial charge in [-0.3, -0.25) is 0 Å². The van der Waals surface area contributed by atoms with E-state index in [4.69, 9.17) is 10.5 Å². The van der Waals surface area contributed by atoms with E-state index in [1.807, 2.05) is 18.2 Å². The topological polar surface area (TPSA) is 64.3 Å². The molecule has 0 amide bonds. The summed E-state index contributed by atoms with van der Waals surface area (Å²) in [6, 6.07) is 9.71. The van der Waals surface area contributed by atoms with Gasteiger partial charge in [0, 0.05) is 18.3 Å². The van der Waals surface area contributed by atoms with E-state index < -0.39 is 0 Å². The number of nitrogens with two attached hydrogens (primary N) is 1. The minimum atomic E-state index is 0.485. The van der Waals surface area contributed by atoms with E-state index in [1.165, 1.54) is 0 Å². The largest absolute Gasteiger partial charge is 0.491 e. The van der Waals surface area contributed by atoms with Crippen LogP contribution in [0, 0.1) is 0 Å². The van der Waals surface area contributed by atoms with Crippen LogP contribution in [0.3, 0.4) is 0 Å². The summed E-state index contributed by atoms with van der Waals surface area (Å²) in [6.45, 7) is 2.10. The highest BCUT2D eigenvalue weighted by atomic mass is 16.5. The summed E-state index contributed by atoms with van der Waals surface area (Å²) < 4.78 is 5.70. The van der Waals surface area contributed by atoms with E-state index in [0.29, 0.717) is 18.4 Å². The van der Waals surface area contributed by atoms with Crippen LogP contribution in [-0.4, -0.2) is 23.1 Å². The van der Waals surface area contributed by atoms with Crippen LogP contribution in [0.5, 0.6) is 5.75 Å². The van der Waals surface area contributed by atoms with Crippen molar-refractivity contribution in [1.29, 1.82) is 0 Å². The van der Waals surface area contributed by atoms with Crippen LogP contribution >= 0.6 is 0 Å². The second-order valence-corrected chi connectivity index (χ2v) is 4.16. The number of benzene rings is 1. The van der Waals surface area contributed by atoms with E-state index in [2.05, 4.69) is 20.9 Å². The Morgan fingerprint density at radius 1 is 1.22 bits per heavy atom. The summed E-state index contributed by atoms with van der Waals surface area (Å²) in [4.78, 5) is 10.6. The molecular formula is C13H14N4O. The smallest absolute Gasteiger partial charge is 0.227 e. The molecule has 0 spiro atoms. The zero-order chi connectivity index (χ0) is 12.4. The van der Waals surface area contributed by atoms with Gasteiger partial charge in [0.2, 0.25) is 5.95 Å². The first kappa shape index (κ1) is 10.8. The number of para-hydroxylation sites is 1. The molecule has 0 saturated carbocycles. The lowest BCUT2D eigenvalue weighted by Gasteiger charge is -2.19. The first-order valence-corrected chi connectivity index (χ1v) is 5.87. The predicted molar refractivity (Wildman–Crippen MR) is 69.4 cm³/mol. The van der Waals surface area contributed by atoms with Gasteiger partial charge in [0.15, 0.2) is 0 Å². The molecule has 1 aromatic carbocycles. The van der Waals surface area contributed by atoms with Crippen LogP contribution in [0.4, 0.5) is 11.8 Å². The van der Waals surface area contributed by atoms with Gasteiger partial charge >= 0.3 is 0 Å². The Labute approximate surface area is 105 Å². The molecule has 0 saturated heterocycles. The number of ether oxygens (including phenoxy) is 1. The molecule has 0 fully saturated rings. The standard InChI is InChI=1S/C13H14N4O/c14-12-5-6-15-13(16-12)17-7-8-18-11-4-2-1-3-10(11)9-17/h1-6H,7-9H2,(H2,14,15,16). The second-order valence-electron chi connectivity index (χ2n) is 4.16. The molecule has 1 aliphatic rings. The van der Waals surface area contributed by atoms with Gasteiger partial charge in [0.05, 0.1) is 6.54 Å². The molecule has 0 bridgehead atoms. The Morgan fingerprint density at radius 3 is 3.00 bits per heavy atom. The van der Waals surface area contributed by atoms with Crippen molar-refractivity contribution in [3.8, 4) is 5.75 Å². The first-order valence-electron chi connectivity index (χ1n) is 5.87. The van der Waals surface area contributed by atoms with Crippen LogP contribution in [0.2, 0.25) is 0 Å². The SMILES string of the molecule is Nc1ccnc(N2CCOc3ccccc3C2)n1. The Hall–Kier alpha value is -2.30. The van der Waals surface area contributed by atoms with Crippen LogP contribution in [0.1, 0.15) is 5.56 Å². The van der Waals surface area contributed by atoms with Gasteiger partial charge in [-0.05, 0) is 12.1 Å². The fourth-order valence-electron chi connectivity index (χ4n) is 2.01. The number of nitrogens with zero attached hydrogens (tertiary/aromatic N) is 3. The molecule has 2 heterocycles. The summed E-state index contributed by atoms with van der Waals surface area (Å²) in [6.07, 6.45) is 1.68. The van der Waals surface area contributed by atoms with Crippen molar-refractivity contribution in [2.45, 2.75) is 6.54 Å². The third-order valence-corrected chi connectivity index (χ3v) is 2.90. The maximum absolute atomic E-state index is 5.70. The molecule has 2 aromatic rings. The summed E-state index contributed by atoms with van der Waals surface area (Å²) in [5.74, 6) is 2.07. The zero-order valence-corrected chi connectivity index (χ0v) is 9.91. The lowest BCUT2D eigenvalue weighted by molar-refractivity contribution is 0.331. The number of aromatic nitrogens is 2. The van der Waals surface area contributed by atoms with Crippen molar-refractivity contribution in [3.63, 3.8) is 0 Å². The van der Waals surface area contributed by atoms with E-state index in [9.17, 15) is 0 Å². The molecule has 0 unspecified atom stereocenters. The van der Waals surface area contributed by atoms with Gasteiger partial charge in [0.25, 0.3) is 0 Å². The van der Waals surface area contributed by atoms with E-state index in [0.717, 1.165) is 24.4 Å². The van der Waals surface area contributed by atoms with Gasteiger partial charge in [-0.2, -0.15) is 4.98 Å². The summed E-state index contributed by atoms with van der Waals surface area (Å²) >= 11 is 0. The van der Waals surface area contributed by atoms with Gasteiger partial charge in [-0.25, -0.2) is 4.98 Å². The Bertz CT molecular complexity index is 558. The molecule has 0 aliphatic carbocycles. The number of anilines is 2. The number of fused-ring (bicyclic) bond motifs is 1. The third kappa shape index (κ3) is 2.07. The molecule has 1 aromatic heterocycles. The Morgan fingerprint density at radius 2 is 2.11 bits per heavy atom. The average molecular weight is 242 g/mol. The molecular weight excluding hydrogens is 228 g/mol. The quantitative estimate of drug-likeness (QED) is 0.820. The lowest BCUT2D eigenvalue weighted by Crippen LogP contribution is -2.27. The molecule has 18 heavy (non-hydrogen) atoms. The average Bonchev–Trinajstić information content (AvgIpc) is 2.60. The molecule has 2 N–H and O–H groups in total. The van der Waals surface area contributed by atoms with Crippen molar-refractivity contribution in [1.82, 2.24) is 9.97 Å². The minimum absolute atomic E-state index is 0.485. The molecule has 92 valence electrons. The number of hydrogen-bond donors (Lipinski definition) is 1.